The Labute approximate surface area is 142 Å². The number of rotatable bonds is 2. The largest absolute Gasteiger partial charge is 0.497 e. The molecule has 0 spiro atoms. The van der Waals surface area contributed by atoms with Gasteiger partial charge in [-0.25, -0.2) is 0 Å². The van der Waals surface area contributed by atoms with E-state index in [1.807, 2.05) is 0 Å². The van der Waals surface area contributed by atoms with Gasteiger partial charge in [0.15, 0.2) is 0 Å². The van der Waals surface area contributed by atoms with Crippen LogP contribution in [0.15, 0.2) is 72.2 Å². The molecule has 0 radical (unpaired) electrons. The van der Waals surface area contributed by atoms with Crippen molar-refractivity contribution in [2.24, 2.45) is 0 Å². The van der Waals surface area contributed by atoms with Crippen LogP contribution < -0.4 is 0 Å². The molecule has 24 heavy (non-hydrogen) atoms. The van der Waals surface area contributed by atoms with Gasteiger partial charge in [0.05, 0.1) is 26.1 Å². The molecule has 0 fully saturated rings. The van der Waals surface area contributed by atoms with Gasteiger partial charge in [0.2, 0.25) is 0 Å². The molecule has 0 aliphatic heterocycles. The molecule has 0 N–H and O–H groups in total. The highest BCUT2D eigenvalue weighted by atomic mass is 16.5. The van der Waals surface area contributed by atoms with Crippen LogP contribution in [0.4, 0.5) is 0 Å². The number of hydrogen-bond acceptors (Lipinski definition) is 2. The molecule has 120 valence electrons. The van der Waals surface area contributed by atoms with Crippen molar-refractivity contribution in [3.8, 4) is 0 Å². The molecule has 2 aromatic rings. The Kier molecular flexibility index (Phi) is 2.90. The first-order valence-corrected chi connectivity index (χ1v) is 8.53. The van der Waals surface area contributed by atoms with Crippen LogP contribution in [0.5, 0.6) is 0 Å². The molecule has 4 atom stereocenters. The summed E-state index contributed by atoms with van der Waals surface area (Å²) in [5.41, 5.74) is 5.63. The Morgan fingerprint density at radius 2 is 0.958 bits per heavy atom. The van der Waals surface area contributed by atoms with Crippen molar-refractivity contribution >= 4 is 0 Å². The molecule has 0 saturated heterocycles. The highest BCUT2D eigenvalue weighted by molar-refractivity contribution is 5.58. The van der Waals surface area contributed by atoms with Crippen LogP contribution in [0.1, 0.15) is 45.9 Å². The van der Waals surface area contributed by atoms with Crippen molar-refractivity contribution in [3.63, 3.8) is 0 Å². The van der Waals surface area contributed by atoms with Crippen LogP contribution >= 0.6 is 0 Å². The summed E-state index contributed by atoms with van der Waals surface area (Å²) >= 11 is 0. The summed E-state index contributed by atoms with van der Waals surface area (Å²) in [5.74, 6) is 2.93. The van der Waals surface area contributed by atoms with Crippen LogP contribution in [0.3, 0.4) is 0 Å². The fourth-order valence-corrected chi connectivity index (χ4v) is 4.98. The third kappa shape index (κ3) is 1.61. The van der Waals surface area contributed by atoms with E-state index in [0.29, 0.717) is 11.8 Å². The molecule has 3 aliphatic carbocycles. The average Bonchev–Trinajstić information content (AvgIpc) is 2.62. The second-order valence-electron chi connectivity index (χ2n) is 6.79. The van der Waals surface area contributed by atoms with Crippen LogP contribution in [0.2, 0.25) is 0 Å². The number of ether oxygens (including phenoxy) is 2. The summed E-state index contributed by atoms with van der Waals surface area (Å²) in [6, 6.07) is 17.6. The summed E-state index contributed by atoms with van der Waals surface area (Å²) < 4.78 is 11.8. The summed E-state index contributed by atoms with van der Waals surface area (Å²) in [4.78, 5) is 0. The lowest BCUT2D eigenvalue weighted by atomic mass is 9.60. The Hall–Kier alpha value is -2.48. The fraction of sp³-hybridized carbons (Fsp3) is 0.273. The van der Waals surface area contributed by atoms with Crippen molar-refractivity contribution in [3.05, 3.63) is 94.5 Å². The maximum atomic E-state index is 5.91. The van der Waals surface area contributed by atoms with Crippen LogP contribution in [-0.2, 0) is 9.47 Å². The molecule has 0 saturated carbocycles. The highest BCUT2D eigenvalue weighted by Crippen LogP contribution is 2.59. The molecule has 0 amide bonds. The first-order chi connectivity index (χ1) is 11.8. The van der Waals surface area contributed by atoms with E-state index >= 15 is 0 Å². The number of allylic oxidation sites excluding steroid dienone is 4. The summed E-state index contributed by atoms with van der Waals surface area (Å²) in [7, 11) is 3.55. The van der Waals surface area contributed by atoms with Crippen molar-refractivity contribution in [2.45, 2.75) is 23.7 Å². The zero-order valence-corrected chi connectivity index (χ0v) is 13.9. The summed E-state index contributed by atoms with van der Waals surface area (Å²) in [5, 5.41) is 0. The monoisotopic (exact) mass is 316 g/mol. The van der Waals surface area contributed by atoms with E-state index in [1.54, 1.807) is 14.2 Å². The van der Waals surface area contributed by atoms with Crippen molar-refractivity contribution < 1.29 is 9.47 Å². The third-order valence-electron chi connectivity index (χ3n) is 5.87. The van der Waals surface area contributed by atoms with E-state index in [4.69, 9.17) is 9.47 Å². The van der Waals surface area contributed by atoms with E-state index in [2.05, 4.69) is 60.7 Å². The molecule has 0 unspecified atom stereocenters. The SMILES string of the molecule is COC1=C(OC)[C@@H]2c3ccccc3[C@@H]1[C@H]1C=C[C@H]2c2ccccc21. The van der Waals surface area contributed by atoms with Gasteiger partial charge >= 0.3 is 0 Å². The van der Waals surface area contributed by atoms with Crippen molar-refractivity contribution in [1.82, 2.24) is 0 Å². The third-order valence-corrected chi connectivity index (χ3v) is 5.87. The van der Waals surface area contributed by atoms with E-state index < -0.39 is 0 Å². The number of methoxy groups -OCH3 is 2. The zero-order chi connectivity index (χ0) is 16.3. The topological polar surface area (TPSA) is 18.5 Å². The quantitative estimate of drug-likeness (QED) is 0.739. The Bertz CT molecular complexity index is 807. The molecule has 2 aromatic carbocycles. The lowest BCUT2D eigenvalue weighted by molar-refractivity contribution is 0.171. The maximum absolute atomic E-state index is 5.91. The smallest absolute Gasteiger partial charge is 0.142 e. The predicted molar refractivity (Wildman–Crippen MR) is 94.0 cm³/mol. The minimum Gasteiger partial charge on any atom is -0.497 e. The highest BCUT2D eigenvalue weighted by Gasteiger charge is 2.48. The van der Waals surface area contributed by atoms with Crippen molar-refractivity contribution in [2.75, 3.05) is 14.2 Å². The van der Waals surface area contributed by atoms with E-state index in [9.17, 15) is 0 Å². The normalized spacial score (nSPS) is 28.9. The molecule has 0 aromatic heterocycles. The molecule has 3 aliphatic rings. The van der Waals surface area contributed by atoms with Gasteiger partial charge in [-0.05, 0) is 22.3 Å². The average molecular weight is 316 g/mol. The van der Waals surface area contributed by atoms with Gasteiger partial charge in [-0.1, -0.05) is 60.7 Å². The first-order valence-electron chi connectivity index (χ1n) is 8.53. The predicted octanol–water partition coefficient (Wildman–Crippen LogP) is 4.82. The Morgan fingerprint density at radius 3 is 1.33 bits per heavy atom. The zero-order valence-electron chi connectivity index (χ0n) is 13.9. The van der Waals surface area contributed by atoms with Crippen LogP contribution in [0.25, 0.3) is 0 Å². The lowest BCUT2D eigenvalue weighted by Gasteiger charge is -2.45. The standard InChI is InChI=1S/C22H20O2/c1-23-21-19-15-9-5-6-10-16(15)20(22(21)24-2)18-12-11-17(19)13-7-3-4-8-14(13)18/h3-12,17-20H,1-2H3/t17-,18-,19+,20+/m0/s1. The van der Waals surface area contributed by atoms with Crippen molar-refractivity contribution in [1.29, 1.82) is 0 Å². The van der Waals surface area contributed by atoms with Gasteiger partial charge in [-0.2, -0.15) is 0 Å². The molecule has 2 nitrogen and oxygen atoms in total. The number of hydrogen-bond donors (Lipinski definition) is 0. The molecule has 2 heteroatoms. The van der Waals surface area contributed by atoms with Gasteiger partial charge in [0, 0.05) is 11.8 Å². The minimum atomic E-state index is 0.177. The van der Waals surface area contributed by atoms with E-state index in [-0.39, 0.29) is 11.8 Å². The molecular weight excluding hydrogens is 296 g/mol. The maximum Gasteiger partial charge on any atom is 0.142 e. The number of benzene rings is 2. The summed E-state index contributed by atoms with van der Waals surface area (Å²) in [6.07, 6.45) is 4.76. The summed E-state index contributed by atoms with van der Waals surface area (Å²) in [6.45, 7) is 0. The first kappa shape index (κ1) is 13.9. The minimum absolute atomic E-state index is 0.177. The van der Waals surface area contributed by atoms with Crippen LogP contribution in [0, 0.1) is 0 Å². The molecular formula is C22H20O2. The second-order valence-corrected chi connectivity index (χ2v) is 6.79. The Morgan fingerprint density at radius 1 is 0.583 bits per heavy atom. The van der Waals surface area contributed by atoms with Gasteiger partial charge in [-0.3, -0.25) is 0 Å². The number of fused-ring (bicyclic) bond motifs is 2. The van der Waals surface area contributed by atoms with Gasteiger partial charge in [-0.15, -0.1) is 0 Å². The lowest BCUT2D eigenvalue weighted by Crippen LogP contribution is -2.33. The Balaban J connectivity index is 1.88. The van der Waals surface area contributed by atoms with Gasteiger partial charge in [0.1, 0.15) is 11.5 Å². The molecule has 4 bridgehead atoms. The second kappa shape index (κ2) is 5.01. The van der Waals surface area contributed by atoms with E-state index in [1.165, 1.54) is 22.3 Å². The molecule has 0 heterocycles. The fourth-order valence-electron chi connectivity index (χ4n) is 4.98. The van der Waals surface area contributed by atoms with Gasteiger partial charge in [0.25, 0.3) is 0 Å². The van der Waals surface area contributed by atoms with Crippen LogP contribution in [-0.4, -0.2) is 14.2 Å². The molecule has 5 rings (SSSR count). The van der Waals surface area contributed by atoms with E-state index in [0.717, 1.165) is 11.5 Å². The van der Waals surface area contributed by atoms with Gasteiger partial charge < -0.3 is 9.47 Å².